The quantitative estimate of drug-likeness (QED) is 0.821. The summed E-state index contributed by atoms with van der Waals surface area (Å²) in [6.07, 6.45) is 0. The molecule has 0 aromatic heterocycles. The molecule has 20 heavy (non-hydrogen) atoms. The summed E-state index contributed by atoms with van der Waals surface area (Å²) in [6, 6.07) is 4.73. The molecule has 1 rings (SSSR count). The molecular weight excluding hydrogens is 312 g/mol. The Kier molecular flexibility index (Phi) is 5.46. The van der Waals surface area contributed by atoms with Crippen LogP contribution >= 0.6 is 0 Å². The van der Waals surface area contributed by atoms with Gasteiger partial charge in [-0.3, -0.25) is 0 Å². The maximum atomic E-state index is 12.3. The maximum Gasteiger partial charge on any atom is 0.341 e. The van der Waals surface area contributed by atoms with Gasteiger partial charge < -0.3 is 5.32 Å². The van der Waals surface area contributed by atoms with Crippen LogP contribution in [0.15, 0.2) is 29.2 Å². The largest absolute Gasteiger partial charge is 0.384 e. The molecule has 0 aliphatic carbocycles. The van der Waals surface area contributed by atoms with Crippen LogP contribution < -0.4 is 5.32 Å². The zero-order chi connectivity index (χ0) is 15.4. The first kappa shape index (κ1) is 16.8. The molecule has 1 aromatic rings. The highest BCUT2D eigenvalue weighted by Gasteiger charge is 2.26. The van der Waals surface area contributed by atoms with E-state index in [0.717, 1.165) is 12.1 Å². The van der Waals surface area contributed by atoms with Gasteiger partial charge in [-0.2, -0.15) is 8.78 Å². The van der Waals surface area contributed by atoms with Gasteiger partial charge in [-0.15, -0.1) is 0 Å². The van der Waals surface area contributed by atoms with E-state index in [1.54, 1.807) is 6.92 Å². The van der Waals surface area contributed by atoms with Gasteiger partial charge in [0.05, 0.1) is 10.6 Å². The highest BCUT2D eigenvalue weighted by molar-refractivity contribution is 7.91. The number of rotatable bonds is 7. The molecule has 1 N–H and O–H groups in total. The molecule has 0 bridgehead atoms. The summed E-state index contributed by atoms with van der Waals surface area (Å²) in [7, 11) is -7.69. The van der Waals surface area contributed by atoms with Crippen LogP contribution in [0.2, 0.25) is 0 Å². The SMILES string of the molecule is CCS(=O)(=O)CCNc1ccc(S(=O)(=O)C(F)F)cc1. The zero-order valence-electron chi connectivity index (χ0n) is 10.7. The number of anilines is 1. The Labute approximate surface area is 116 Å². The lowest BCUT2D eigenvalue weighted by molar-refractivity contribution is 0.234. The predicted octanol–water partition coefficient (Wildman–Crippen LogP) is 1.53. The molecule has 9 heteroatoms. The van der Waals surface area contributed by atoms with Gasteiger partial charge in [0.1, 0.15) is 0 Å². The number of hydrogen-bond donors (Lipinski definition) is 1. The van der Waals surface area contributed by atoms with Crippen molar-refractivity contribution in [1.29, 1.82) is 0 Å². The Morgan fingerprint density at radius 2 is 1.65 bits per heavy atom. The van der Waals surface area contributed by atoms with E-state index in [-0.39, 0.29) is 18.1 Å². The Morgan fingerprint density at radius 3 is 2.10 bits per heavy atom. The first-order chi connectivity index (χ1) is 9.19. The van der Waals surface area contributed by atoms with Crippen molar-refractivity contribution in [2.24, 2.45) is 0 Å². The highest BCUT2D eigenvalue weighted by Crippen LogP contribution is 2.20. The Balaban J connectivity index is 2.69. The van der Waals surface area contributed by atoms with Crippen LogP contribution in [0.5, 0.6) is 0 Å². The van der Waals surface area contributed by atoms with Crippen molar-refractivity contribution in [3.8, 4) is 0 Å². The number of hydrogen-bond acceptors (Lipinski definition) is 5. The van der Waals surface area contributed by atoms with Gasteiger partial charge in [0.25, 0.3) is 0 Å². The second-order valence-electron chi connectivity index (χ2n) is 3.99. The molecule has 114 valence electrons. The molecule has 0 atom stereocenters. The summed E-state index contributed by atoms with van der Waals surface area (Å²) >= 11 is 0. The van der Waals surface area contributed by atoms with E-state index in [4.69, 9.17) is 0 Å². The van der Waals surface area contributed by atoms with Crippen LogP contribution in [-0.2, 0) is 19.7 Å². The van der Waals surface area contributed by atoms with Gasteiger partial charge in [-0.05, 0) is 24.3 Å². The fourth-order valence-electron chi connectivity index (χ4n) is 1.36. The summed E-state index contributed by atoms with van der Waals surface area (Å²) in [6.45, 7) is 1.70. The van der Waals surface area contributed by atoms with Crippen molar-refractivity contribution < 1.29 is 25.6 Å². The molecule has 0 unspecified atom stereocenters. The lowest BCUT2D eigenvalue weighted by Gasteiger charge is -2.08. The van der Waals surface area contributed by atoms with Crippen molar-refractivity contribution in [1.82, 2.24) is 0 Å². The average Bonchev–Trinajstić information content (AvgIpc) is 2.39. The predicted molar refractivity (Wildman–Crippen MR) is 72.4 cm³/mol. The van der Waals surface area contributed by atoms with Gasteiger partial charge in [-0.1, -0.05) is 6.92 Å². The fourth-order valence-corrected chi connectivity index (χ4v) is 2.78. The standard InChI is InChI=1S/C11H15F2NO4S2/c1-2-19(15,16)8-7-14-9-3-5-10(6-4-9)20(17,18)11(12)13/h3-6,11,14H,2,7-8H2,1H3. The lowest BCUT2D eigenvalue weighted by Crippen LogP contribution is -2.17. The summed E-state index contributed by atoms with van der Waals surface area (Å²) in [4.78, 5) is -0.473. The minimum Gasteiger partial charge on any atom is -0.384 e. The zero-order valence-corrected chi connectivity index (χ0v) is 12.3. The lowest BCUT2D eigenvalue weighted by atomic mass is 10.3. The molecule has 0 amide bonds. The Hall–Kier alpha value is -1.22. The van der Waals surface area contributed by atoms with E-state index in [9.17, 15) is 25.6 Å². The van der Waals surface area contributed by atoms with Gasteiger partial charge in [0, 0.05) is 18.0 Å². The number of benzene rings is 1. The molecule has 0 aliphatic rings. The van der Waals surface area contributed by atoms with Crippen molar-refractivity contribution in [3.05, 3.63) is 24.3 Å². The topological polar surface area (TPSA) is 80.3 Å². The summed E-state index contributed by atoms with van der Waals surface area (Å²) in [5.41, 5.74) is 0.463. The second-order valence-corrected chi connectivity index (χ2v) is 8.38. The van der Waals surface area contributed by atoms with Crippen molar-refractivity contribution in [3.63, 3.8) is 0 Å². The van der Waals surface area contributed by atoms with E-state index in [1.165, 1.54) is 12.1 Å². The van der Waals surface area contributed by atoms with Gasteiger partial charge in [0.2, 0.25) is 9.84 Å². The third-order valence-electron chi connectivity index (χ3n) is 2.60. The van der Waals surface area contributed by atoms with Crippen LogP contribution in [0.3, 0.4) is 0 Å². The third-order valence-corrected chi connectivity index (χ3v) is 5.70. The molecule has 0 radical (unpaired) electrons. The smallest absolute Gasteiger partial charge is 0.341 e. The van der Waals surface area contributed by atoms with Crippen LogP contribution in [0, 0.1) is 0 Å². The van der Waals surface area contributed by atoms with Gasteiger partial charge >= 0.3 is 5.76 Å². The molecular formula is C11H15F2NO4S2. The Morgan fingerprint density at radius 1 is 1.10 bits per heavy atom. The van der Waals surface area contributed by atoms with Crippen LogP contribution in [-0.4, -0.2) is 40.6 Å². The normalized spacial score (nSPS) is 12.6. The molecule has 0 aliphatic heterocycles. The molecule has 0 saturated heterocycles. The van der Waals surface area contributed by atoms with E-state index in [1.807, 2.05) is 0 Å². The number of sulfone groups is 2. The van der Waals surface area contributed by atoms with Crippen LogP contribution in [0.25, 0.3) is 0 Å². The number of alkyl halides is 2. The minimum atomic E-state index is -4.60. The fraction of sp³-hybridized carbons (Fsp3) is 0.455. The van der Waals surface area contributed by atoms with Crippen molar-refractivity contribution in [2.45, 2.75) is 17.6 Å². The van der Waals surface area contributed by atoms with E-state index in [0.29, 0.717) is 5.69 Å². The minimum absolute atomic E-state index is 0.0419. The highest BCUT2D eigenvalue weighted by atomic mass is 32.2. The van der Waals surface area contributed by atoms with Gasteiger partial charge in [0.15, 0.2) is 9.84 Å². The third kappa shape index (κ3) is 4.41. The summed E-state index contributed by atoms with van der Waals surface area (Å²) in [5.74, 6) is -3.48. The average molecular weight is 327 g/mol. The molecule has 0 saturated carbocycles. The Bertz CT molecular complexity index is 640. The second kappa shape index (κ2) is 6.49. The van der Waals surface area contributed by atoms with Crippen molar-refractivity contribution >= 4 is 25.4 Å². The summed E-state index contributed by atoms with van der Waals surface area (Å²) < 4.78 is 69.5. The molecule has 0 heterocycles. The maximum absolute atomic E-state index is 12.3. The van der Waals surface area contributed by atoms with E-state index in [2.05, 4.69) is 5.32 Å². The van der Waals surface area contributed by atoms with E-state index < -0.39 is 30.3 Å². The summed E-state index contributed by atoms with van der Waals surface area (Å²) in [5, 5.41) is 2.78. The van der Waals surface area contributed by atoms with Crippen LogP contribution in [0.4, 0.5) is 14.5 Å². The van der Waals surface area contributed by atoms with Crippen molar-refractivity contribution in [2.75, 3.05) is 23.4 Å². The monoisotopic (exact) mass is 327 g/mol. The number of halogens is 2. The number of nitrogens with one attached hydrogen (secondary N) is 1. The molecule has 1 aromatic carbocycles. The molecule has 0 spiro atoms. The molecule has 5 nitrogen and oxygen atoms in total. The van der Waals surface area contributed by atoms with Crippen LogP contribution in [0.1, 0.15) is 6.92 Å². The molecule has 0 fully saturated rings. The first-order valence-electron chi connectivity index (χ1n) is 5.75. The van der Waals surface area contributed by atoms with E-state index >= 15 is 0 Å². The first-order valence-corrected chi connectivity index (χ1v) is 9.12. The van der Waals surface area contributed by atoms with Gasteiger partial charge in [-0.25, -0.2) is 16.8 Å².